The maximum Gasteiger partial charge on any atom is 0.319 e. The number of nitrogens with zero attached hydrogens (tertiary/aromatic N) is 1. The number of thiazole rings is 1. The highest BCUT2D eigenvalue weighted by Crippen LogP contribution is 2.19. The Balaban J connectivity index is 2.01. The molecule has 3 N–H and O–H groups in total. The van der Waals surface area contributed by atoms with Gasteiger partial charge in [0.25, 0.3) is 5.91 Å². The molecule has 0 atom stereocenters. The van der Waals surface area contributed by atoms with Crippen molar-refractivity contribution in [1.29, 1.82) is 0 Å². The summed E-state index contributed by atoms with van der Waals surface area (Å²) in [6.07, 6.45) is 1.75. The summed E-state index contributed by atoms with van der Waals surface area (Å²) in [5.74, 6) is -0.179. The molecule has 0 radical (unpaired) electrons. The molecule has 2 aromatic rings. The van der Waals surface area contributed by atoms with E-state index >= 15 is 0 Å². The van der Waals surface area contributed by atoms with Gasteiger partial charge in [-0.1, -0.05) is 6.07 Å². The van der Waals surface area contributed by atoms with Crippen molar-refractivity contribution in [2.45, 2.75) is 20.4 Å². The molecule has 0 aliphatic carbocycles. The number of urea groups is 1. The Kier molecular flexibility index (Phi) is 5.11. The zero-order valence-corrected chi connectivity index (χ0v) is 13.5. The third kappa shape index (κ3) is 3.82. The van der Waals surface area contributed by atoms with Gasteiger partial charge in [0.05, 0.1) is 11.6 Å². The molecule has 2 rings (SSSR count). The third-order valence-electron chi connectivity index (χ3n) is 3.15. The number of aryl methyl sites for hydroxylation is 1. The molecule has 0 aliphatic heterocycles. The van der Waals surface area contributed by atoms with Crippen molar-refractivity contribution in [2.24, 2.45) is 0 Å². The van der Waals surface area contributed by atoms with Crippen LogP contribution in [0.2, 0.25) is 0 Å². The molecule has 0 saturated carbocycles. The zero-order chi connectivity index (χ0) is 16.1. The van der Waals surface area contributed by atoms with E-state index in [0.717, 1.165) is 15.4 Å². The van der Waals surface area contributed by atoms with Gasteiger partial charge < -0.3 is 16.0 Å². The van der Waals surface area contributed by atoms with Crippen LogP contribution in [0.4, 0.5) is 10.5 Å². The monoisotopic (exact) mass is 318 g/mol. The molecule has 0 unspecified atom stereocenters. The molecular weight excluding hydrogens is 300 g/mol. The summed E-state index contributed by atoms with van der Waals surface area (Å²) in [6.45, 7) is 4.14. The van der Waals surface area contributed by atoms with E-state index in [2.05, 4.69) is 20.9 Å². The fourth-order valence-corrected chi connectivity index (χ4v) is 2.71. The summed E-state index contributed by atoms with van der Waals surface area (Å²) < 4.78 is 0. The van der Waals surface area contributed by atoms with Gasteiger partial charge in [-0.3, -0.25) is 4.79 Å². The van der Waals surface area contributed by atoms with Crippen molar-refractivity contribution in [1.82, 2.24) is 15.6 Å². The Morgan fingerprint density at radius 3 is 2.68 bits per heavy atom. The fraction of sp³-hybridized carbons (Fsp3) is 0.267. The van der Waals surface area contributed by atoms with Crippen LogP contribution in [-0.2, 0) is 6.54 Å². The van der Waals surface area contributed by atoms with Gasteiger partial charge in [-0.25, -0.2) is 9.78 Å². The fourth-order valence-electron chi connectivity index (χ4n) is 1.97. The normalized spacial score (nSPS) is 10.1. The molecule has 0 fully saturated rings. The van der Waals surface area contributed by atoms with Gasteiger partial charge in [0.1, 0.15) is 0 Å². The van der Waals surface area contributed by atoms with E-state index in [9.17, 15) is 9.59 Å². The molecule has 1 heterocycles. The van der Waals surface area contributed by atoms with E-state index in [1.54, 1.807) is 49.7 Å². The van der Waals surface area contributed by atoms with Crippen molar-refractivity contribution in [2.75, 3.05) is 12.4 Å². The molecule has 0 saturated heterocycles. The minimum absolute atomic E-state index is 0.179. The van der Waals surface area contributed by atoms with Crippen LogP contribution in [-0.4, -0.2) is 24.0 Å². The summed E-state index contributed by atoms with van der Waals surface area (Å²) in [6, 6.07) is 4.90. The Morgan fingerprint density at radius 2 is 2.05 bits per heavy atom. The van der Waals surface area contributed by atoms with Gasteiger partial charge in [0, 0.05) is 29.4 Å². The molecule has 6 nitrogen and oxygen atoms in total. The van der Waals surface area contributed by atoms with Gasteiger partial charge in [0.2, 0.25) is 0 Å². The second kappa shape index (κ2) is 7.04. The van der Waals surface area contributed by atoms with Gasteiger partial charge in [-0.05, 0) is 31.5 Å². The summed E-state index contributed by atoms with van der Waals surface area (Å²) in [7, 11) is 1.58. The van der Waals surface area contributed by atoms with Crippen LogP contribution in [0.15, 0.2) is 24.4 Å². The largest absolute Gasteiger partial charge is 0.355 e. The number of anilines is 1. The number of nitrogens with one attached hydrogen (secondary N) is 3. The highest BCUT2D eigenvalue weighted by molar-refractivity contribution is 7.11. The molecule has 22 heavy (non-hydrogen) atoms. The van der Waals surface area contributed by atoms with Crippen molar-refractivity contribution in [3.8, 4) is 0 Å². The second-order valence-corrected chi connectivity index (χ2v) is 6.03. The lowest BCUT2D eigenvalue weighted by Crippen LogP contribution is -2.28. The Labute approximate surface area is 133 Å². The molecule has 7 heteroatoms. The van der Waals surface area contributed by atoms with E-state index in [0.29, 0.717) is 17.8 Å². The van der Waals surface area contributed by atoms with Crippen LogP contribution >= 0.6 is 11.3 Å². The smallest absolute Gasteiger partial charge is 0.319 e. The zero-order valence-electron chi connectivity index (χ0n) is 12.7. The summed E-state index contributed by atoms with van der Waals surface area (Å²) in [5.41, 5.74) is 1.88. The predicted octanol–water partition coefficient (Wildman–Crippen LogP) is 2.44. The average Bonchev–Trinajstić information content (AvgIpc) is 2.92. The molecule has 0 bridgehead atoms. The van der Waals surface area contributed by atoms with Crippen molar-refractivity contribution in [3.63, 3.8) is 0 Å². The standard InChI is InChI=1S/C15H18N4O2S/c1-9-12(14(20)16-3)5-4-6-13(9)19-15(21)18-8-11-7-17-10(2)22-11/h4-7H,8H2,1-3H3,(H,16,20)(H2,18,19,21). The van der Waals surface area contributed by atoms with Crippen LogP contribution in [0.1, 0.15) is 25.8 Å². The lowest BCUT2D eigenvalue weighted by molar-refractivity contribution is 0.0962. The van der Waals surface area contributed by atoms with Crippen molar-refractivity contribution >= 4 is 29.0 Å². The third-order valence-corrected chi connectivity index (χ3v) is 4.06. The number of hydrogen-bond donors (Lipinski definition) is 3. The van der Waals surface area contributed by atoms with E-state index < -0.39 is 0 Å². The highest BCUT2D eigenvalue weighted by atomic mass is 32.1. The van der Waals surface area contributed by atoms with Gasteiger partial charge in [-0.2, -0.15) is 0 Å². The van der Waals surface area contributed by atoms with Crippen LogP contribution in [0.5, 0.6) is 0 Å². The maximum absolute atomic E-state index is 12.0. The first-order chi connectivity index (χ1) is 10.5. The van der Waals surface area contributed by atoms with Crippen molar-refractivity contribution < 1.29 is 9.59 Å². The molecule has 1 aromatic heterocycles. The Bertz CT molecular complexity index is 697. The molecule has 1 aromatic carbocycles. The summed E-state index contributed by atoms with van der Waals surface area (Å²) >= 11 is 1.54. The Hall–Kier alpha value is -2.41. The van der Waals surface area contributed by atoms with Crippen LogP contribution in [0.25, 0.3) is 0 Å². The Morgan fingerprint density at radius 1 is 1.27 bits per heavy atom. The molecule has 3 amide bonds. The van der Waals surface area contributed by atoms with E-state index in [-0.39, 0.29) is 11.9 Å². The predicted molar refractivity (Wildman–Crippen MR) is 87.3 cm³/mol. The number of hydrogen-bond acceptors (Lipinski definition) is 4. The van der Waals surface area contributed by atoms with E-state index in [1.807, 2.05) is 6.92 Å². The van der Waals surface area contributed by atoms with Gasteiger partial charge >= 0.3 is 6.03 Å². The lowest BCUT2D eigenvalue weighted by Gasteiger charge is -2.12. The summed E-state index contributed by atoms with van der Waals surface area (Å²) in [5, 5.41) is 9.07. The minimum atomic E-state index is -0.316. The number of amides is 3. The lowest BCUT2D eigenvalue weighted by atomic mass is 10.1. The summed E-state index contributed by atoms with van der Waals surface area (Å²) in [4.78, 5) is 28.8. The first-order valence-electron chi connectivity index (χ1n) is 6.79. The number of benzene rings is 1. The van der Waals surface area contributed by atoms with Gasteiger partial charge in [0.15, 0.2) is 0 Å². The number of carbonyl (C=O) groups is 2. The highest BCUT2D eigenvalue weighted by Gasteiger charge is 2.12. The number of rotatable bonds is 4. The van der Waals surface area contributed by atoms with Gasteiger partial charge in [-0.15, -0.1) is 11.3 Å². The molecule has 0 aliphatic rings. The van der Waals surface area contributed by atoms with Crippen LogP contribution in [0, 0.1) is 13.8 Å². The molecular formula is C15H18N4O2S. The van der Waals surface area contributed by atoms with E-state index in [1.165, 1.54) is 0 Å². The van der Waals surface area contributed by atoms with Crippen LogP contribution in [0.3, 0.4) is 0 Å². The quantitative estimate of drug-likeness (QED) is 0.809. The topological polar surface area (TPSA) is 83.1 Å². The number of aromatic nitrogens is 1. The second-order valence-electron chi connectivity index (χ2n) is 4.71. The maximum atomic E-state index is 12.0. The SMILES string of the molecule is CNC(=O)c1cccc(NC(=O)NCc2cnc(C)s2)c1C. The van der Waals surface area contributed by atoms with Crippen LogP contribution < -0.4 is 16.0 Å². The number of carbonyl (C=O) groups excluding carboxylic acids is 2. The molecule has 116 valence electrons. The average molecular weight is 318 g/mol. The first kappa shape index (κ1) is 16.0. The minimum Gasteiger partial charge on any atom is -0.355 e. The first-order valence-corrected chi connectivity index (χ1v) is 7.60. The van der Waals surface area contributed by atoms with E-state index in [4.69, 9.17) is 0 Å². The molecule has 0 spiro atoms. The van der Waals surface area contributed by atoms with Crippen molar-refractivity contribution in [3.05, 3.63) is 45.4 Å².